The van der Waals surface area contributed by atoms with E-state index in [2.05, 4.69) is 0 Å². The smallest absolute Gasteiger partial charge is 0.347 e. The zero-order chi connectivity index (χ0) is 22.5. The molecule has 4 aromatic rings. The molecule has 6 heteroatoms. The first kappa shape index (κ1) is 20.9. The first-order valence-corrected chi connectivity index (χ1v) is 9.96. The third kappa shape index (κ3) is 4.54. The van der Waals surface area contributed by atoms with Gasteiger partial charge in [-0.2, -0.15) is 4.57 Å². The number of carbonyl (C=O) groups is 2. The number of ether oxygens (including phenoxy) is 1. The molecule has 0 aliphatic heterocycles. The van der Waals surface area contributed by atoms with Gasteiger partial charge in [-0.25, -0.2) is 4.79 Å². The first-order chi connectivity index (χ1) is 15.5. The zero-order valence-corrected chi connectivity index (χ0v) is 17.4. The van der Waals surface area contributed by atoms with Gasteiger partial charge in [0.2, 0.25) is 12.3 Å². The summed E-state index contributed by atoms with van der Waals surface area (Å²) in [5.74, 6) is -0.0225. The molecular formula is C26H20NO5+. The molecule has 0 bridgehead atoms. The second-order valence-corrected chi connectivity index (χ2v) is 7.12. The van der Waals surface area contributed by atoms with Gasteiger partial charge in [0.25, 0.3) is 0 Å². The SMILES string of the molecule is COc1cccc2cc(C(=O)/C=C/c3cc[n+](CC(=O)c4ccccc4)cc3)c(=O)oc12. The van der Waals surface area contributed by atoms with Crippen molar-refractivity contribution in [3.8, 4) is 5.75 Å². The quantitative estimate of drug-likeness (QED) is 0.194. The number of rotatable bonds is 7. The van der Waals surface area contributed by atoms with Gasteiger partial charge in [0.05, 0.1) is 7.11 Å². The van der Waals surface area contributed by atoms with Crippen molar-refractivity contribution in [3.05, 3.63) is 112 Å². The largest absolute Gasteiger partial charge is 0.493 e. The number of methoxy groups -OCH3 is 1. The van der Waals surface area contributed by atoms with E-state index in [1.807, 2.05) is 18.2 Å². The van der Waals surface area contributed by atoms with Crippen LogP contribution < -0.4 is 14.9 Å². The van der Waals surface area contributed by atoms with E-state index < -0.39 is 11.4 Å². The molecule has 0 fully saturated rings. The van der Waals surface area contributed by atoms with Crippen molar-refractivity contribution in [1.82, 2.24) is 0 Å². The number of hydrogen-bond donors (Lipinski definition) is 0. The van der Waals surface area contributed by atoms with Crippen LogP contribution in [0.4, 0.5) is 0 Å². The Morgan fingerprint density at radius 1 is 1.00 bits per heavy atom. The molecule has 2 aromatic carbocycles. The molecule has 6 nitrogen and oxygen atoms in total. The average molecular weight is 426 g/mol. The van der Waals surface area contributed by atoms with E-state index in [4.69, 9.17) is 9.15 Å². The summed E-state index contributed by atoms with van der Waals surface area (Å²) < 4.78 is 12.3. The molecule has 4 rings (SSSR count). The highest BCUT2D eigenvalue weighted by atomic mass is 16.5. The van der Waals surface area contributed by atoms with Crippen molar-refractivity contribution >= 4 is 28.6 Å². The fraction of sp³-hybridized carbons (Fsp3) is 0.0769. The Bertz CT molecular complexity index is 1370. The molecule has 2 heterocycles. The molecule has 0 unspecified atom stereocenters. The second-order valence-electron chi connectivity index (χ2n) is 7.12. The third-order valence-electron chi connectivity index (χ3n) is 4.98. The van der Waals surface area contributed by atoms with Crippen LogP contribution in [0.1, 0.15) is 26.3 Å². The summed E-state index contributed by atoms with van der Waals surface area (Å²) in [4.78, 5) is 37.2. The number of carbonyl (C=O) groups excluding carboxylic acids is 2. The molecule has 158 valence electrons. The molecule has 0 saturated carbocycles. The number of Topliss-reactive ketones (excluding diaryl/α,β-unsaturated/α-hetero) is 1. The van der Waals surface area contributed by atoms with Crippen LogP contribution in [0.15, 0.2) is 94.4 Å². The minimum absolute atomic E-state index is 0.00808. The highest BCUT2D eigenvalue weighted by Gasteiger charge is 2.14. The third-order valence-corrected chi connectivity index (χ3v) is 4.98. The Balaban J connectivity index is 1.48. The number of benzene rings is 2. The number of fused-ring (bicyclic) bond motifs is 1. The van der Waals surface area contributed by atoms with Crippen LogP contribution in [-0.4, -0.2) is 18.7 Å². The molecule has 0 amide bonds. The maximum Gasteiger partial charge on any atom is 0.347 e. The predicted octanol–water partition coefficient (Wildman–Crippen LogP) is 3.87. The number of pyridine rings is 1. The predicted molar refractivity (Wildman–Crippen MR) is 120 cm³/mol. The fourth-order valence-electron chi connectivity index (χ4n) is 3.28. The van der Waals surface area contributed by atoms with Crippen molar-refractivity contribution < 1.29 is 23.3 Å². The van der Waals surface area contributed by atoms with Crippen molar-refractivity contribution in [2.24, 2.45) is 0 Å². The van der Waals surface area contributed by atoms with Crippen LogP contribution in [0.5, 0.6) is 5.75 Å². The van der Waals surface area contributed by atoms with Crippen molar-refractivity contribution in [1.29, 1.82) is 0 Å². The lowest BCUT2D eigenvalue weighted by atomic mass is 10.1. The molecule has 0 radical (unpaired) electrons. The minimum Gasteiger partial charge on any atom is -0.493 e. The molecule has 0 aliphatic rings. The number of ketones is 2. The summed E-state index contributed by atoms with van der Waals surface area (Å²) in [6.45, 7) is 0.217. The molecule has 2 aromatic heterocycles. The molecule has 0 atom stereocenters. The van der Waals surface area contributed by atoms with Crippen molar-refractivity contribution in [3.63, 3.8) is 0 Å². The summed E-state index contributed by atoms with van der Waals surface area (Å²) >= 11 is 0. The Hall–Kier alpha value is -4.32. The van der Waals surface area contributed by atoms with Gasteiger partial charge in [0.15, 0.2) is 29.5 Å². The number of nitrogens with zero attached hydrogens (tertiary/aromatic N) is 1. The Labute approximate surface area is 184 Å². The lowest BCUT2D eigenvalue weighted by molar-refractivity contribution is -0.683. The van der Waals surface area contributed by atoms with Crippen molar-refractivity contribution in [2.45, 2.75) is 6.54 Å². The molecule has 0 aliphatic carbocycles. The molecule has 0 N–H and O–H groups in total. The number of allylic oxidation sites excluding steroid dienone is 1. The van der Waals surface area contributed by atoms with E-state index in [0.29, 0.717) is 22.3 Å². The van der Waals surface area contributed by atoms with Gasteiger partial charge >= 0.3 is 5.63 Å². The van der Waals surface area contributed by atoms with Gasteiger partial charge in [-0.3, -0.25) is 9.59 Å². The summed E-state index contributed by atoms with van der Waals surface area (Å²) in [5.41, 5.74) is 0.941. The van der Waals surface area contributed by atoms with Gasteiger partial charge in [0, 0.05) is 23.1 Å². The molecular weight excluding hydrogens is 406 g/mol. The average Bonchev–Trinajstić information content (AvgIpc) is 2.83. The Kier molecular flexibility index (Phi) is 6.03. The molecule has 32 heavy (non-hydrogen) atoms. The van der Waals surface area contributed by atoms with Gasteiger partial charge < -0.3 is 9.15 Å². The first-order valence-electron chi connectivity index (χ1n) is 9.96. The van der Waals surface area contributed by atoms with E-state index in [0.717, 1.165) is 5.56 Å². The number of hydrogen-bond acceptors (Lipinski definition) is 5. The van der Waals surface area contributed by atoms with Crippen LogP contribution >= 0.6 is 0 Å². The topological polar surface area (TPSA) is 77.5 Å². The summed E-state index contributed by atoms with van der Waals surface area (Å²) in [6, 6.07) is 19.4. The molecule has 0 saturated heterocycles. The normalized spacial score (nSPS) is 11.0. The highest BCUT2D eigenvalue weighted by molar-refractivity contribution is 6.08. The lowest BCUT2D eigenvalue weighted by Crippen LogP contribution is -2.37. The maximum atomic E-state index is 12.6. The Morgan fingerprint density at radius 2 is 1.75 bits per heavy atom. The molecule has 0 spiro atoms. The van der Waals surface area contributed by atoms with Gasteiger partial charge in [-0.05, 0) is 23.8 Å². The summed E-state index contributed by atoms with van der Waals surface area (Å²) in [6.07, 6.45) is 6.47. The lowest BCUT2D eigenvalue weighted by Gasteiger charge is -2.04. The van der Waals surface area contributed by atoms with E-state index in [1.165, 1.54) is 19.3 Å². The van der Waals surface area contributed by atoms with Gasteiger partial charge in [0.1, 0.15) is 5.56 Å². The van der Waals surface area contributed by atoms with Crippen LogP contribution in [0.2, 0.25) is 0 Å². The Morgan fingerprint density at radius 3 is 2.47 bits per heavy atom. The highest BCUT2D eigenvalue weighted by Crippen LogP contribution is 2.24. The monoisotopic (exact) mass is 426 g/mol. The minimum atomic E-state index is -0.720. The maximum absolute atomic E-state index is 12.6. The van der Waals surface area contributed by atoms with E-state index in [-0.39, 0.29) is 17.9 Å². The van der Waals surface area contributed by atoms with E-state index in [1.54, 1.807) is 65.5 Å². The van der Waals surface area contributed by atoms with Crippen molar-refractivity contribution in [2.75, 3.05) is 7.11 Å². The van der Waals surface area contributed by atoms with Crippen LogP contribution in [0.3, 0.4) is 0 Å². The van der Waals surface area contributed by atoms with Gasteiger partial charge in [-0.15, -0.1) is 0 Å². The number of para-hydroxylation sites is 1. The summed E-state index contributed by atoms with van der Waals surface area (Å²) in [5, 5.41) is 0.601. The van der Waals surface area contributed by atoms with Crippen LogP contribution in [-0.2, 0) is 6.54 Å². The zero-order valence-electron chi connectivity index (χ0n) is 17.4. The van der Waals surface area contributed by atoms with E-state index >= 15 is 0 Å². The second kappa shape index (κ2) is 9.22. The standard InChI is InChI=1S/C26H20NO5/c1-31-24-9-5-8-20-16-21(26(30)32-25(20)24)22(28)11-10-18-12-14-27(15-13-18)17-23(29)19-6-3-2-4-7-19/h2-16H,17H2,1H3/q+1/b11-10+. The summed E-state index contributed by atoms with van der Waals surface area (Å²) in [7, 11) is 1.48. The van der Waals surface area contributed by atoms with Crippen LogP contribution in [0.25, 0.3) is 17.0 Å². The van der Waals surface area contributed by atoms with Gasteiger partial charge in [-0.1, -0.05) is 48.5 Å². The number of aromatic nitrogens is 1. The van der Waals surface area contributed by atoms with Crippen LogP contribution in [0, 0.1) is 0 Å². The fourth-order valence-corrected chi connectivity index (χ4v) is 3.28. The van der Waals surface area contributed by atoms with E-state index in [9.17, 15) is 14.4 Å².